The van der Waals surface area contributed by atoms with Crippen LogP contribution in [0, 0.1) is 5.41 Å². The molecule has 1 aliphatic rings. The topological polar surface area (TPSA) is 121 Å². The highest BCUT2D eigenvalue weighted by Gasteiger charge is 2.41. The van der Waals surface area contributed by atoms with Crippen molar-refractivity contribution < 1.29 is 19.8 Å². The van der Waals surface area contributed by atoms with Crippen LogP contribution in [0.5, 0.6) is 5.75 Å². The summed E-state index contributed by atoms with van der Waals surface area (Å²) in [6.45, 7) is 2.45. The summed E-state index contributed by atoms with van der Waals surface area (Å²) in [6.07, 6.45) is 10.7. The Morgan fingerprint density at radius 2 is 2.03 bits per heavy atom. The number of carbonyl (C=O) groups excluding carboxylic acids is 1. The lowest BCUT2D eigenvalue weighted by Crippen LogP contribution is -2.48. The predicted octanol–water partition coefficient (Wildman–Crippen LogP) is 4.11. The fourth-order valence-corrected chi connectivity index (χ4v) is 5.48. The third-order valence-electron chi connectivity index (χ3n) is 7.47. The van der Waals surface area contributed by atoms with Gasteiger partial charge < -0.3 is 14.7 Å². The molecular weight excluding hydrogens is 494 g/mol. The Morgan fingerprint density at radius 3 is 2.73 bits per heavy atom. The van der Waals surface area contributed by atoms with Crippen LogP contribution < -0.4 is 10.2 Å². The number of nitrogens with one attached hydrogen (secondary N) is 1. The van der Waals surface area contributed by atoms with Crippen molar-refractivity contribution in [1.82, 2.24) is 25.3 Å². The van der Waals surface area contributed by atoms with E-state index in [9.17, 15) is 15.1 Å². The van der Waals surface area contributed by atoms with E-state index in [1.165, 1.54) is 6.20 Å². The van der Waals surface area contributed by atoms with E-state index < -0.39 is 17.4 Å². The number of hydrogen-bond donors (Lipinski definition) is 3. The molecule has 10 heteroatoms. The number of benzene rings is 1. The third-order valence-corrected chi connectivity index (χ3v) is 7.77. The molecule has 1 amide bonds. The second kappa shape index (κ2) is 12.6. The van der Waals surface area contributed by atoms with Gasteiger partial charge in [0.2, 0.25) is 5.91 Å². The number of hydrogen-bond acceptors (Lipinski definition) is 8. The largest absolute Gasteiger partial charge is 0.497 e. The van der Waals surface area contributed by atoms with Crippen LogP contribution in [-0.2, 0) is 11.2 Å². The first-order valence-electron chi connectivity index (χ1n) is 12.7. The number of aromatic nitrogens is 3. The molecule has 0 saturated carbocycles. The fraction of sp³-hybridized carbons (Fsp3) is 0.481. The van der Waals surface area contributed by atoms with Gasteiger partial charge in [0.1, 0.15) is 5.75 Å². The number of fused-ring (bicyclic) bond motifs is 1. The average molecular weight is 528 g/mol. The molecule has 9 nitrogen and oxygen atoms in total. The van der Waals surface area contributed by atoms with E-state index in [-0.39, 0.29) is 0 Å². The van der Waals surface area contributed by atoms with Gasteiger partial charge in [-0.25, -0.2) is 5.48 Å². The van der Waals surface area contributed by atoms with Crippen molar-refractivity contribution in [3.8, 4) is 5.75 Å². The maximum absolute atomic E-state index is 12.8. The van der Waals surface area contributed by atoms with Crippen LogP contribution in [0.3, 0.4) is 0 Å². The summed E-state index contributed by atoms with van der Waals surface area (Å²) in [4.78, 5) is 27.9. The average Bonchev–Trinajstić information content (AvgIpc) is 2.94. The smallest absolute Gasteiger partial charge is 0.249 e. The number of aliphatic hydroxyl groups is 1. The molecule has 0 unspecified atom stereocenters. The SMILES string of the molecule is COc1ccc2ncc(Cl)c([C@H](O)CCC3(C(=O)NO)CCN(CCCCc4cnccn4)CC3)c2c1. The molecule has 1 atom stereocenters. The molecule has 2 aromatic heterocycles. The van der Waals surface area contributed by atoms with Gasteiger partial charge in [-0.2, -0.15) is 0 Å². The normalized spacial score (nSPS) is 16.4. The Hall–Kier alpha value is -2.85. The molecule has 1 aromatic carbocycles. The third kappa shape index (κ3) is 6.54. The molecule has 3 aromatic rings. The van der Waals surface area contributed by atoms with Crippen molar-refractivity contribution in [3.05, 3.63) is 59.3 Å². The molecule has 198 valence electrons. The number of methoxy groups -OCH3 is 1. The number of ether oxygens (including phenoxy) is 1. The fourth-order valence-electron chi connectivity index (χ4n) is 5.21. The highest BCUT2D eigenvalue weighted by molar-refractivity contribution is 6.32. The first-order chi connectivity index (χ1) is 18.0. The van der Waals surface area contributed by atoms with E-state index in [0.29, 0.717) is 47.5 Å². The second-order valence-electron chi connectivity index (χ2n) is 9.67. The lowest BCUT2D eigenvalue weighted by molar-refractivity contribution is -0.143. The summed E-state index contributed by atoms with van der Waals surface area (Å²) in [5.41, 5.74) is 3.40. The summed E-state index contributed by atoms with van der Waals surface area (Å²) in [5, 5.41) is 21.8. The number of aryl methyl sites for hydroxylation is 1. The van der Waals surface area contributed by atoms with Gasteiger partial charge in [-0.1, -0.05) is 11.6 Å². The molecule has 1 aliphatic heterocycles. The van der Waals surface area contributed by atoms with Gasteiger partial charge in [0, 0.05) is 35.7 Å². The van der Waals surface area contributed by atoms with E-state index in [4.69, 9.17) is 16.3 Å². The molecule has 0 aliphatic carbocycles. The van der Waals surface area contributed by atoms with E-state index >= 15 is 0 Å². The number of hydroxylamine groups is 1. The Kier molecular flexibility index (Phi) is 9.26. The Morgan fingerprint density at radius 1 is 1.22 bits per heavy atom. The number of piperidine rings is 1. The maximum Gasteiger partial charge on any atom is 0.249 e. The first kappa shape index (κ1) is 27.2. The van der Waals surface area contributed by atoms with Crippen LogP contribution in [0.4, 0.5) is 0 Å². The summed E-state index contributed by atoms with van der Waals surface area (Å²) >= 11 is 6.46. The zero-order valence-corrected chi connectivity index (χ0v) is 21.8. The summed E-state index contributed by atoms with van der Waals surface area (Å²) in [7, 11) is 1.58. The van der Waals surface area contributed by atoms with Gasteiger partial charge in [0.15, 0.2) is 0 Å². The van der Waals surface area contributed by atoms with Gasteiger partial charge >= 0.3 is 0 Å². The van der Waals surface area contributed by atoms with Crippen LogP contribution in [0.15, 0.2) is 43.0 Å². The number of unbranched alkanes of at least 4 members (excludes halogenated alkanes) is 1. The summed E-state index contributed by atoms with van der Waals surface area (Å²) < 4.78 is 5.34. The van der Waals surface area contributed by atoms with Crippen LogP contribution in [-0.4, -0.2) is 62.8 Å². The molecule has 3 N–H and O–H groups in total. The minimum Gasteiger partial charge on any atom is -0.497 e. The predicted molar refractivity (Wildman–Crippen MR) is 141 cm³/mol. The molecule has 0 bridgehead atoms. The number of rotatable bonds is 11. The van der Waals surface area contributed by atoms with Crippen LogP contribution >= 0.6 is 11.6 Å². The number of pyridine rings is 1. The zero-order chi connectivity index (χ0) is 26.3. The van der Waals surface area contributed by atoms with E-state index in [1.807, 2.05) is 23.7 Å². The zero-order valence-electron chi connectivity index (χ0n) is 21.1. The van der Waals surface area contributed by atoms with Gasteiger partial charge in [0.05, 0.1) is 34.9 Å². The molecule has 3 heterocycles. The maximum atomic E-state index is 12.8. The molecule has 37 heavy (non-hydrogen) atoms. The Bertz CT molecular complexity index is 1190. The lowest BCUT2D eigenvalue weighted by Gasteiger charge is -2.40. The minimum absolute atomic E-state index is 0.321. The number of likely N-dealkylation sites (tertiary alicyclic amines) is 1. The van der Waals surface area contributed by atoms with Gasteiger partial charge in [-0.3, -0.25) is 25.0 Å². The van der Waals surface area contributed by atoms with Crippen molar-refractivity contribution in [2.45, 2.75) is 51.0 Å². The minimum atomic E-state index is -0.896. The van der Waals surface area contributed by atoms with Crippen molar-refractivity contribution in [2.24, 2.45) is 5.41 Å². The molecule has 0 radical (unpaired) electrons. The molecule has 4 rings (SSSR count). The first-order valence-corrected chi connectivity index (χ1v) is 13.1. The van der Waals surface area contributed by atoms with E-state index in [2.05, 4.69) is 19.9 Å². The van der Waals surface area contributed by atoms with Crippen LogP contribution in [0.25, 0.3) is 10.9 Å². The van der Waals surface area contributed by atoms with Crippen LogP contribution in [0.2, 0.25) is 5.02 Å². The Labute approximate surface area is 221 Å². The highest BCUT2D eigenvalue weighted by atomic mass is 35.5. The summed E-state index contributed by atoms with van der Waals surface area (Å²) in [5.74, 6) is 0.250. The molecule has 0 spiro atoms. The van der Waals surface area contributed by atoms with E-state index in [0.717, 1.165) is 50.0 Å². The molecule has 1 saturated heterocycles. The van der Waals surface area contributed by atoms with Gasteiger partial charge in [-0.05, 0) is 82.8 Å². The number of aliphatic hydroxyl groups excluding tert-OH is 1. The summed E-state index contributed by atoms with van der Waals surface area (Å²) in [6, 6.07) is 5.44. The van der Waals surface area contributed by atoms with Crippen molar-refractivity contribution in [1.29, 1.82) is 0 Å². The quantitative estimate of drug-likeness (QED) is 0.193. The number of nitrogens with zero attached hydrogens (tertiary/aromatic N) is 4. The number of carbonyl (C=O) groups is 1. The Balaban J connectivity index is 1.36. The number of halogens is 1. The van der Waals surface area contributed by atoms with Crippen LogP contribution in [0.1, 0.15) is 55.9 Å². The lowest BCUT2D eigenvalue weighted by atomic mass is 9.73. The van der Waals surface area contributed by atoms with Crippen molar-refractivity contribution in [2.75, 3.05) is 26.7 Å². The monoisotopic (exact) mass is 527 g/mol. The van der Waals surface area contributed by atoms with E-state index in [1.54, 1.807) is 25.7 Å². The van der Waals surface area contributed by atoms with Crippen molar-refractivity contribution >= 4 is 28.4 Å². The van der Waals surface area contributed by atoms with Crippen molar-refractivity contribution in [3.63, 3.8) is 0 Å². The number of amides is 1. The van der Waals surface area contributed by atoms with Gasteiger partial charge in [-0.15, -0.1) is 0 Å². The molecular formula is C27H34ClN5O4. The molecule has 1 fully saturated rings. The highest BCUT2D eigenvalue weighted by Crippen LogP contribution is 2.41. The standard InChI is InChI=1S/C27H34ClN5O4/c1-37-20-5-6-23-21(16-20)25(22(28)18-31-23)24(34)7-8-27(26(35)32-36)9-14-33(15-10-27)13-3-2-4-19-17-29-11-12-30-19/h5-6,11-12,16-18,24,34,36H,2-4,7-10,13-15H2,1H3,(H,32,35)/t24-/m1/s1. The second-order valence-corrected chi connectivity index (χ2v) is 10.1. The van der Waals surface area contributed by atoms with Gasteiger partial charge in [0.25, 0.3) is 0 Å².